The van der Waals surface area contributed by atoms with Crippen LogP contribution in [0.25, 0.3) is 0 Å². The average molecular weight is 569 g/mol. The van der Waals surface area contributed by atoms with Crippen LogP contribution >= 0.6 is 23.1 Å². The number of amides is 2. The maximum Gasteiger partial charge on any atom is 0.332 e. The minimum atomic E-state index is -0.965. The molecule has 4 rings (SSSR count). The summed E-state index contributed by atoms with van der Waals surface area (Å²) in [4.78, 5) is 44.3. The van der Waals surface area contributed by atoms with Gasteiger partial charge in [-0.3, -0.25) is 9.59 Å². The van der Waals surface area contributed by atoms with E-state index in [1.165, 1.54) is 11.8 Å². The summed E-state index contributed by atoms with van der Waals surface area (Å²) in [6.45, 7) is 2.21. The Hall–Kier alpha value is -3.34. The number of thiophene rings is 1. The Bertz CT molecular complexity index is 1270. The molecule has 3 aromatic rings. The highest BCUT2D eigenvalue weighted by Crippen LogP contribution is 2.46. The van der Waals surface area contributed by atoms with Gasteiger partial charge >= 0.3 is 5.97 Å². The molecular formula is C29H32N2O6S2. The van der Waals surface area contributed by atoms with E-state index in [9.17, 15) is 14.4 Å². The molecule has 2 aromatic carbocycles. The number of likely N-dealkylation sites (N-methyl/N-ethyl adjacent to an activating group) is 1. The maximum absolute atomic E-state index is 14.1. The third-order valence-electron chi connectivity index (χ3n) is 6.32. The second-order valence-electron chi connectivity index (χ2n) is 8.88. The van der Waals surface area contributed by atoms with Crippen molar-refractivity contribution in [3.05, 3.63) is 76.5 Å². The van der Waals surface area contributed by atoms with E-state index in [0.29, 0.717) is 18.7 Å². The summed E-state index contributed by atoms with van der Waals surface area (Å²) in [5.74, 6) is -0.133. The van der Waals surface area contributed by atoms with Crippen molar-refractivity contribution in [1.29, 1.82) is 0 Å². The number of hydrogen-bond donors (Lipinski definition) is 0. The molecule has 39 heavy (non-hydrogen) atoms. The van der Waals surface area contributed by atoms with Crippen molar-refractivity contribution in [3.63, 3.8) is 0 Å². The zero-order chi connectivity index (χ0) is 27.8. The summed E-state index contributed by atoms with van der Waals surface area (Å²) in [7, 11) is 3.34. The molecule has 2 atom stereocenters. The van der Waals surface area contributed by atoms with Gasteiger partial charge < -0.3 is 24.0 Å². The number of carbonyl (C=O) groups excluding carboxylic acids is 3. The molecule has 0 radical (unpaired) electrons. The first-order valence-electron chi connectivity index (χ1n) is 12.7. The largest absolute Gasteiger partial charge is 0.497 e. The van der Waals surface area contributed by atoms with Crippen LogP contribution in [0.1, 0.15) is 22.6 Å². The van der Waals surface area contributed by atoms with Gasteiger partial charge in [-0.15, -0.1) is 23.1 Å². The Morgan fingerprint density at radius 2 is 1.82 bits per heavy atom. The minimum absolute atomic E-state index is 0.0198. The SMILES string of the molecule is CCOC(=O)CO[C@@H]1C(=O)N(CCN(C)C(=O)Cc2cccs2)c2ccccc2S[C@@H]1c1ccc(OC)cc1. The standard InChI is InChI=1S/C29H32N2O6S2/c1-4-36-26(33)19-37-27-28(20-11-13-21(35-3)14-12-20)39-24-10-6-5-9-23(24)31(29(27)34)16-15-30(2)25(32)18-22-8-7-17-38-22/h5-14,17,27-28H,4,15-16,18-19H2,1-3H3/t27-,28+/m0/s1. The number of thioether (sulfide) groups is 1. The van der Waals surface area contributed by atoms with Crippen molar-refractivity contribution in [2.24, 2.45) is 0 Å². The van der Waals surface area contributed by atoms with Gasteiger partial charge in [0.1, 0.15) is 12.4 Å². The highest BCUT2D eigenvalue weighted by molar-refractivity contribution is 7.99. The summed E-state index contributed by atoms with van der Waals surface area (Å²) in [6.07, 6.45) is -0.647. The number of rotatable bonds is 11. The van der Waals surface area contributed by atoms with Crippen LogP contribution in [0.5, 0.6) is 5.75 Å². The maximum atomic E-state index is 14.1. The number of fused-ring (bicyclic) bond motifs is 1. The first-order valence-corrected chi connectivity index (χ1v) is 14.4. The van der Waals surface area contributed by atoms with Crippen LogP contribution in [0.3, 0.4) is 0 Å². The Morgan fingerprint density at radius 1 is 1.05 bits per heavy atom. The second-order valence-corrected chi connectivity index (χ2v) is 11.1. The molecule has 0 bridgehead atoms. The molecule has 10 heteroatoms. The van der Waals surface area contributed by atoms with E-state index < -0.39 is 17.3 Å². The molecule has 0 spiro atoms. The predicted molar refractivity (Wildman–Crippen MR) is 152 cm³/mol. The number of para-hydroxylation sites is 1. The molecule has 2 amide bonds. The van der Waals surface area contributed by atoms with Gasteiger partial charge in [-0.05, 0) is 48.2 Å². The Labute approximate surface area is 236 Å². The lowest BCUT2D eigenvalue weighted by Gasteiger charge is -2.29. The number of carbonyl (C=O) groups is 3. The molecule has 1 aromatic heterocycles. The number of esters is 1. The molecule has 1 aliphatic rings. The van der Waals surface area contributed by atoms with Crippen LogP contribution < -0.4 is 9.64 Å². The van der Waals surface area contributed by atoms with E-state index in [4.69, 9.17) is 14.2 Å². The number of anilines is 1. The Morgan fingerprint density at radius 3 is 2.51 bits per heavy atom. The topological polar surface area (TPSA) is 85.4 Å². The van der Waals surface area contributed by atoms with Gasteiger partial charge in [0.15, 0.2) is 6.10 Å². The highest BCUT2D eigenvalue weighted by Gasteiger charge is 2.40. The van der Waals surface area contributed by atoms with E-state index in [2.05, 4.69) is 0 Å². The van der Waals surface area contributed by atoms with Gasteiger partial charge in [-0.25, -0.2) is 4.79 Å². The molecule has 0 saturated carbocycles. The van der Waals surface area contributed by atoms with E-state index in [-0.39, 0.29) is 31.6 Å². The van der Waals surface area contributed by atoms with Gasteiger partial charge in [0.05, 0.1) is 31.1 Å². The molecule has 0 unspecified atom stereocenters. The van der Waals surface area contributed by atoms with Gasteiger partial charge in [0.2, 0.25) is 5.91 Å². The lowest BCUT2D eigenvalue weighted by molar-refractivity contribution is -0.152. The first kappa shape index (κ1) is 28.7. The summed E-state index contributed by atoms with van der Waals surface area (Å²) in [5, 5.41) is 1.52. The predicted octanol–water partition coefficient (Wildman–Crippen LogP) is 4.59. The third kappa shape index (κ3) is 7.20. The number of nitrogens with zero attached hydrogens (tertiary/aromatic N) is 2. The molecule has 0 aliphatic carbocycles. The van der Waals surface area contributed by atoms with Crippen molar-refractivity contribution in [2.45, 2.75) is 29.6 Å². The fraction of sp³-hybridized carbons (Fsp3) is 0.345. The Balaban J connectivity index is 1.61. The van der Waals surface area contributed by atoms with Crippen LogP contribution in [0, 0.1) is 0 Å². The van der Waals surface area contributed by atoms with E-state index in [1.54, 1.807) is 42.2 Å². The van der Waals surface area contributed by atoms with Gasteiger partial charge in [0.25, 0.3) is 5.91 Å². The average Bonchev–Trinajstić information content (AvgIpc) is 3.42. The van der Waals surface area contributed by atoms with Crippen LogP contribution in [-0.2, 0) is 30.3 Å². The van der Waals surface area contributed by atoms with E-state index in [0.717, 1.165) is 21.0 Å². The number of methoxy groups -OCH3 is 1. The number of benzene rings is 2. The zero-order valence-electron chi connectivity index (χ0n) is 22.2. The van der Waals surface area contributed by atoms with Crippen LogP contribution in [0.2, 0.25) is 0 Å². The molecular weight excluding hydrogens is 536 g/mol. The normalized spacial score (nSPS) is 16.8. The first-order chi connectivity index (χ1) is 18.9. The van der Waals surface area contributed by atoms with E-state index in [1.807, 2.05) is 66.0 Å². The third-order valence-corrected chi connectivity index (χ3v) is 8.56. The summed E-state index contributed by atoms with van der Waals surface area (Å²) < 4.78 is 16.4. The lowest BCUT2D eigenvalue weighted by Crippen LogP contribution is -2.46. The van der Waals surface area contributed by atoms with Crippen molar-refractivity contribution in [2.75, 3.05) is 45.4 Å². The van der Waals surface area contributed by atoms with Crippen LogP contribution in [0.15, 0.2) is 70.9 Å². The number of hydrogen-bond acceptors (Lipinski definition) is 8. The molecule has 8 nitrogen and oxygen atoms in total. The fourth-order valence-electron chi connectivity index (χ4n) is 4.24. The lowest BCUT2D eigenvalue weighted by atomic mass is 10.1. The van der Waals surface area contributed by atoms with Crippen molar-refractivity contribution in [1.82, 2.24) is 4.90 Å². The smallest absolute Gasteiger partial charge is 0.332 e. The molecule has 1 aliphatic heterocycles. The Kier molecular flexibility index (Phi) is 10.0. The molecule has 2 heterocycles. The van der Waals surface area contributed by atoms with Gasteiger partial charge in [0, 0.05) is 29.9 Å². The van der Waals surface area contributed by atoms with Crippen molar-refractivity contribution >= 4 is 46.6 Å². The molecule has 0 N–H and O–H groups in total. The van der Waals surface area contributed by atoms with Crippen molar-refractivity contribution < 1.29 is 28.6 Å². The van der Waals surface area contributed by atoms with Gasteiger partial charge in [-0.1, -0.05) is 30.3 Å². The summed E-state index contributed by atoms with van der Waals surface area (Å²) in [6, 6.07) is 19.0. The van der Waals surface area contributed by atoms with Crippen LogP contribution in [-0.4, -0.2) is 69.2 Å². The minimum Gasteiger partial charge on any atom is -0.497 e. The summed E-state index contributed by atoms with van der Waals surface area (Å²) in [5.41, 5.74) is 1.61. The van der Waals surface area contributed by atoms with E-state index >= 15 is 0 Å². The molecule has 0 saturated heterocycles. The number of ether oxygens (including phenoxy) is 3. The summed E-state index contributed by atoms with van der Waals surface area (Å²) >= 11 is 3.05. The van der Waals surface area contributed by atoms with Gasteiger partial charge in [-0.2, -0.15) is 0 Å². The quantitative estimate of drug-likeness (QED) is 0.313. The monoisotopic (exact) mass is 568 g/mol. The highest BCUT2D eigenvalue weighted by atomic mass is 32.2. The second kappa shape index (κ2) is 13.6. The molecule has 206 valence electrons. The molecule has 0 fully saturated rings. The zero-order valence-corrected chi connectivity index (χ0v) is 23.8. The fourth-order valence-corrected chi connectivity index (χ4v) is 6.28. The van der Waals surface area contributed by atoms with Crippen LogP contribution in [0.4, 0.5) is 5.69 Å². The van der Waals surface area contributed by atoms with Crippen molar-refractivity contribution in [3.8, 4) is 5.75 Å².